The van der Waals surface area contributed by atoms with Gasteiger partial charge in [-0.15, -0.1) is 21.4 Å². The molecule has 0 aliphatic carbocycles. The summed E-state index contributed by atoms with van der Waals surface area (Å²) in [5, 5.41) is 4.95. The van der Waals surface area contributed by atoms with Crippen molar-refractivity contribution < 1.29 is 0 Å². The molecule has 0 radical (unpaired) electrons. The zero-order valence-electron chi connectivity index (χ0n) is 32.8. The number of fused-ring (bicyclic) bond motifs is 11. The van der Waals surface area contributed by atoms with Crippen molar-refractivity contribution in [2.75, 3.05) is 0 Å². The average Bonchev–Trinajstić information content (AvgIpc) is 4.07. The van der Waals surface area contributed by atoms with E-state index in [-0.39, 0.29) is 0 Å². The molecule has 5 nitrogen and oxygen atoms in total. The van der Waals surface area contributed by atoms with Crippen molar-refractivity contribution >= 4 is 91.2 Å². The quantitative estimate of drug-likeness (QED) is 0.168. The number of aromatic nitrogens is 5. The van der Waals surface area contributed by atoms with Crippen LogP contribution in [-0.2, 0) is 0 Å². The molecule has 288 valence electrons. The van der Waals surface area contributed by atoms with Gasteiger partial charge < -0.3 is 0 Å². The summed E-state index contributed by atoms with van der Waals surface area (Å²) in [5.74, 6) is 2.48. The highest BCUT2D eigenvalue weighted by Crippen LogP contribution is 2.74. The van der Waals surface area contributed by atoms with Crippen LogP contribution in [0.4, 0.5) is 0 Å². The van der Waals surface area contributed by atoms with Crippen molar-refractivity contribution in [2.24, 2.45) is 0 Å². The van der Waals surface area contributed by atoms with Crippen LogP contribution in [0.5, 0.6) is 0 Å². The fraction of sp³-hybridized carbons (Fsp3) is 0. The first-order valence-electron chi connectivity index (χ1n) is 20.5. The number of thiophene rings is 1. The van der Waals surface area contributed by atoms with E-state index >= 15 is 0 Å². The number of rotatable bonds is 6. The first-order valence-corrected chi connectivity index (χ1v) is 22.9. The van der Waals surface area contributed by atoms with Gasteiger partial charge in [0.15, 0.2) is 0 Å². The summed E-state index contributed by atoms with van der Waals surface area (Å²) < 4.78 is 9.49. The molecule has 61 heavy (non-hydrogen) atoms. The molecule has 0 spiro atoms. The molecule has 8 aromatic carbocycles. The van der Waals surface area contributed by atoms with E-state index in [0.29, 0.717) is 0 Å². The van der Waals surface area contributed by atoms with E-state index in [2.05, 4.69) is 226 Å². The fourth-order valence-electron chi connectivity index (χ4n) is 9.59. The molecule has 0 N–H and O–H groups in total. The van der Waals surface area contributed by atoms with Crippen LogP contribution in [0.15, 0.2) is 232 Å². The number of pyridine rings is 1. The molecule has 0 saturated carbocycles. The predicted molar refractivity (Wildman–Crippen MR) is 255 cm³/mol. The van der Waals surface area contributed by atoms with Gasteiger partial charge in [0.05, 0.1) is 33.1 Å². The second-order valence-corrected chi connectivity index (χ2v) is 19.6. The normalized spacial score (nSPS) is 12.5. The van der Waals surface area contributed by atoms with Gasteiger partial charge in [-0.3, -0.25) is 13.5 Å². The summed E-state index contributed by atoms with van der Waals surface area (Å²) in [7, 11) is -2.20. The van der Waals surface area contributed by atoms with Crippen LogP contribution in [0.25, 0.3) is 81.5 Å². The number of para-hydroxylation sites is 6. The molecular weight excluding hydrogens is 783 g/mol. The second-order valence-electron chi connectivity index (χ2n) is 15.4. The fourth-order valence-corrected chi connectivity index (χ4v) is 14.6. The Morgan fingerprint density at radius 2 is 0.869 bits per heavy atom. The lowest BCUT2D eigenvalue weighted by Crippen LogP contribution is -2.10. The van der Waals surface area contributed by atoms with Gasteiger partial charge in [0.25, 0.3) is 0 Å². The molecule has 0 unspecified atom stereocenters. The third-order valence-electron chi connectivity index (χ3n) is 12.2. The van der Waals surface area contributed by atoms with E-state index in [1.807, 2.05) is 11.3 Å². The summed E-state index contributed by atoms with van der Waals surface area (Å²) in [6, 6.07) is 77.5. The Kier molecular flexibility index (Phi) is 7.49. The minimum absolute atomic E-state index is 0.807. The van der Waals surface area contributed by atoms with E-state index in [1.54, 1.807) is 0 Å². The highest BCUT2D eigenvalue weighted by molar-refractivity contribution is 8.34. The third kappa shape index (κ3) is 4.96. The van der Waals surface area contributed by atoms with Crippen LogP contribution < -0.4 is 0 Å². The maximum atomic E-state index is 5.75. The lowest BCUT2D eigenvalue weighted by molar-refractivity contribution is 0.976. The van der Waals surface area contributed by atoms with E-state index in [4.69, 9.17) is 9.97 Å². The predicted octanol–water partition coefficient (Wildman–Crippen LogP) is 14.6. The zero-order valence-corrected chi connectivity index (χ0v) is 34.4. The Morgan fingerprint density at radius 1 is 0.344 bits per heavy atom. The maximum Gasteiger partial charge on any atom is 0.221 e. The Balaban J connectivity index is 1.23. The molecule has 7 heteroatoms. The van der Waals surface area contributed by atoms with Crippen molar-refractivity contribution in [1.29, 1.82) is 0 Å². The molecular formula is C54H35N5S2. The maximum absolute atomic E-state index is 5.75. The van der Waals surface area contributed by atoms with Crippen molar-refractivity contribution in [3.8, 4) is 11.6 Å². The molecule has 0 fully saturated rings. The summed E-state index contributed by atoms with van der Waals surface area (Å²) in [4.78, 5) is 16.0. The van der Waals surface area contributed by atoms with Crippen molar-refractivity contribution in [2.45, 2.75) is 19.6 Å². The SMILES string of the molecule is c1ccc(S(c2ccccc2)(c2cc(-n3c4ccccc4c4ccccc43)nc(-n3c4ccccc4n4c5ccccc5nc34)c2)c2ccc3sc4ccccc4c3c2)cc1. The highest BCUT2D eigenvalue weighted by Gasteiger charge is 2.35. The van der Waals surface area contributed by atoms with E-state index in [1.165, 1.54) is 50.5 Å². The van der Waals surface area contributed by atoms with Crippen molar-refractivity contribution in [1.82, 2.24) is 23.5 Å². The lowest BCUT2D eigenvalue weighted by atomic mass is 10.1. The molecule has 5 aromatic heterocycles. The van der Waals surface area contributed by atoms with Gasteiger partial charge in [0, 0.05) is 50.5 Å². The zero-order chi connectivity index (χ0) is 40.1. The summed E-state index contributed by atoms with van der Waals surface area (Å²) in [6.45, 7) is 0. The number of nitrogens with zero attached hydrogens (tertiary/aromatic N) is 5. The van der Waals surface area contributed by atoms with Crippen LogP contribution in [0.3, 0.4) is 0 Å². The molecule has 0 amide bonds. The van der Waals surface area contributed by atoms with Gasteiger partial charge in [0.1, 0.15) is 11.6 Å². The van der Waals surface area contributed by atoms with Gasteiger partial charge in [-0.05, 0) is 97.1 Å². The number of imidazole rings is 2. The molecule has 5 heterocycles. The smallest absolute Gasteiger partial charge is 0.221 e. The van der Waals surface area contributed by atoms with Crippen LogP contribution in [0, 0.1) is 0 Å². The number of benzene rings is 8. The lowest BCUT2D eigenvalue weighted by Gasteiger charge is -2.42. The van der Waals surface area contributed by atoms with Crippen molar-refractivity contribution in [3.05, 3.63) is 212 Å². The van der Waals surface area contributed by atoms with Gasteiger partial charge >= 0.3 is 0 Å². The Morgan fingerprint density at radius 3 is 1.56 bits per heavy atom. The van der Waals surface area contributed by atoms with Gasteiger partial charge in [-0.2, -0.15) is 0 Å². The molecule has 13 rings (SSSR count). The molecule has 0 atom stereocenters. The number of hydrogen-bond donors (Lipinski definition) is 0. The highest BCUT2D eigenvalue weighted by atomic mass is 32.3. The summed E-state index contributed by atoms with van der Waals surface area (Å²) >= 11 is 1.86. The largest absolute Gasteiger partial charge is 0.294 e. The Hall–Kier alpha value is -7.45. The third-order valence-corrected chi connectivity index (χ3v) is 17.2. The van der Waals surface area contributed by atoms with Gasteiger partial charge in [-0.1, -0.05) is 115 Å². The first-order chi connectivity index (χ1) is 30.3. The Bertz CT molecular complexity index is 3750. The van der Waals surface area contributed by atoms with Crippen molar-refractivity contribution in [3.63, 3.8) is 0 Å². The van der Waals surface area contributed by atoms with Crippen LogP contribution in [0.1, 0.15) is 0 Å². The minimum Gasteiger partial charge on any atom is -0.294 e. The molecule has 0 aliphatic rings. The van der Waals surface area contributed by atoms with Crippen LogP contribution in [-0.4, -0.2) is 23.5 Å². The molecule has 0 bridgehead atoms. The van der Waals surface area contributed by atoms with Gasteiger partial charge in [0.2, 0.25) is 5.78 Å². The minimum atomic E-state index is -2.20. The molecule has 13 aromatic rings. The molecule has 0 aliphatic heterocycles. The average molecular weight is 818 g/mol. The summed E-state index contributed by atoms with van der Waals surface area (Å²) in [6.07, 6.45) is 0. The van der Waals surface area contributed by atoms with Gasteiger partial charge in [-0.25, -0.2) is 9.97 Å². The number of hydrogen-bond acceptors (Lipinski definition) is 3. The topological polar surface area (TPSA) is 40.0 Å². The second kappa shape index (κ2) is 13.3. The van der Waals surface area contributed by atoms with E-state index in [0.717, 1.165) is 50.5 Å². The standard InChI is InChI=1S/C54H35N5S2/c1-3-17-36(18-4-1)61(37-19-5-2-6-20-37,38-31-32-51-43(33-38)42-23-9-16-30-50(42)60-51)39-34-52(57-45-25-11-7-21-40(45)41-22-8-12-26-46(41)57)56-53(35-39)59-49-29-15-14-28-48(49)58-47-27-13-10-24-44(47)55-54(58)59/h1-35H. The molecule has 0 saturated heterocycles. The van der Waals surface area contributed by atoms with E-state index < -0.39 is 10.0 Å². The van der Waals surface area contributed by atoms with Crippen LogP contribution >= 0.6 is 21.4 Å². The Labute approximate surface area is 356 Å². The monoisotopic (exact) mass is 817 g/mol. The first kappa shape index (κ1) is 34.4. The summed E-state index contributed by atoms with van der Waals surface area (Å²) in [5.41, 5.74) is 6.35. The van der Waals surface area contributed by atoms with Crippen LogP contribution in [0.2, 0.25) is 0 Å². The van der Waals surface area contributed by atoms with E-state index in [9.17, 15) is 0 Å².